The summed E-state index contributed by atoms with van der Waals surface area (Å²) < 4.78 is 4.45. The van der Waals surface area contributed by atoms with Gasteiger partial charge in [-0.1, -0.05) is 31.0 Å². The molecule has 1 saturated carbocycles. The minimum Gasteiger partial charge on any atom is -0.341 e. The fourth-order valence-electron chi connectivity index (χ4n) is 3.29. The quantitative estimate of drug-likeness (QED) is 0.702. The van der Waals surface area contributed by atoms with Gasteiger partial charge in [-0.25, -0.2) is 0 Å². The number of fused-ring (bicyclic) bond motifs is 1. The number of aromatic nitrogens is 3. The largest absolute Gasteiger partial charge is 0.341 e. The van der Waals surface area contributed by atoms with Gasteiger partial charge in [0.1, 0.15) is 0 Å². The molecule has 1 aliphatic carbocycles. The molecule has 3 nitrogen and oxygen atoms in total. The number of para-hydroxylation sites is 1. The fraction of sp³-hybridized carbons (Fsp3) is 0.353. The van der Waals surface area contributed by atoms with Gasteiger partial charge in [0.05, 0.1) is 18.3 Å². The van der Waals surface area contributed by atoms with Crippen LogP contribution in [0.3, 0.4) is 0 Å². The van der Waals surface area contributed by atoms with Crippen LogP contribution in [-0.4, -0.2) is 14.3 Å². The van der Waals surface area contributed by atoms with Gasteiger partial charge in [-0.3, -0.25) is 4.68 Å². The molecule has 1 fully saturated rings. The summed E-state index contributed by atoms with van der Waals surface area (Å²) in [6.07, 6.45) is 9.57. The third kappa shape index (κ3) is 2.03. The van der Waals surface area contributed by atoms with Crippen molar-refractivity contribution in [1.29, 1.82) is 0 Å². The molecular formula is C17H19N3. The standard InChI is InChI=1S/C17H19N3/c1-4-8-17-14(5-1)9-11-19(17)13-15-10-12-20(18-15)16-6-2-3-7-16/h1,4-5,8-12,16H,2-3,6-7,13H2. The predicted molar refractivity (Wildman–Crippen MR) is 80.8 cm³/mol. The molecule has 20 heavy (non-hydrogen) atoms. The van der Waals surface area contributed by atoms with E-state index >= 15 is 0 Å². The van der Waals surface area contributed by atoms with E-state index in [0.717, 1.165) is 12.2 Å². The average molecular weight is 265 g/mol. The highest BCUT2D eigenvalue weighted by molar-refractivity contribution is 5.79. The van der Waals surface area contributed by atoms with Crippen LogP contribution in [0.25, 0.3) is 10.9 Å². The van der Waals surface area contributed by atoms with Gasteiger partial charge in [-0.2, -0.15) is 5.10 Å². The van der Waals surface area contributed by atoms with Gasteiger partial charge >= 0.3 is 0 Å². The molecule has 2 heterocycles. The lowest BCUT2D eigenvalue weighted by Crippen LogP contribution is -2.06. The Morgan fingerprint density at radius 2 is 1.85 bits per heavy atom. The van der Waals surface area contributed by atoms with Crippen LogP contribution in [0.1, 0.15) is 37.4 Å². The molecule has 3 aromatic rings. The second kappa shape index (κ2) is 4.82. The van der Waals surface area contributed by atoms with Crippen molar-refractivity contribution in [2.24, 2.45) is 0 Å². The van der Waals surface area contributed by atoms with Crippen molar-refractivity contribution < 1.29 is 0 Å². The van der Waals surface area contributed by atoms with Gasteiger partial charge in [-0.05, 0) is 36.4 Å². The molecule has 0 aliphatic heterocycles. The van der Waals surface area contributed by atoms with E-state index in [1.54, 1.807) is 0 Å². The van der Waals surface area contributed by atoms with E-state index in [1.165, 1.54) is 36.6 Å². The minimum absolute atomic E-state index is 0.630. The number of benzene rings is 1. The first-order valence-corrected chi connectivity index (χ1v) is 7.48. The van der Waals surface area contributed by atoms with Crippen molar-refractivity contribution in [3.63, 3.8) is 0 Å². The fourth-order valence-corrected chi connectivity index (χ4v) is 3.29. The molecule has 1 aliphatic rings. The molecule has 0 bridgehead atoms. The van der Waals surface area contributed by atoms with E-state index < -0.39 is 0 Å². The molecule has 0 saturated heterocycles. The molecule has 0 N–H and O–H groups in total. The molecular weight excluding hydrogens is 246 g/mol. The Bertz CT molecular complexity index is 717. The van der Waals surface area contributed by atoms with Crippen LogP contribution in [-0.2, 0) is 6.54 Å². The molecule has 3 heteroatoms. The van der Waals surface area contributed by atoms with Crippen LogP contribution in [0.4, 0.5) is 0 Å². The molecule has 0 unspecified atom stereocenters. The lowest BCUT2D eigenvalue weighted by atomic mass is 10.2. The Kier molecular flexibility index (Phi) is 2.84. The van der Waals surface area contributed by atoms with E-state index in [1.807, 2.05) is 0 Å². The van der Waals surface area contributed by atoms with Crippen molar-refractivity contribution in [2.75, 3.05) is 0 Å². The van der Waals surface area contributed by atoms with Gasteiger partial charge in [0, 0.05) is 17.9 Å². The van der Waals surface area contributed by atoms with E-state index in [0.29, 0.717) is 6.04 Å². The predicted octanol–water partition coefficient (Wildman–Crippen LogP) is 4.00. The number of rotatable bonds is 3. The molecule has 1 aromatic carbocycles. The average Bonchev–Trinajstić information content (AvgIpc) is 3.19. The first-order chi connectivity index (χ1) is 9.90. The number of nitrogens with zero attached hydrogens (tertiary/aromatic N) is 3. The molecule has 0 radical (unpaired) electrons. The summed E-state index contributed by atoms with van der Waals surface area (Å²) >= 11 is 0. The van der Waals surface area contributed by atoms with E-state index in [4.69, 9.17) is 5.10 Å². The number of hydrogen-bond acceptors (Lipinski definition) is 1. The van der Waals surface area contributed by atoms with Crippen LogP contribution in [0.5, 0.6) is 0 Å². The van der Waals surface area contributed by atoms with Gasteiger partial charge < -0.3 is 4.57 Å². The second-order valence-corrected chi connectivity index (χ2v) is 5.73. The van der Waals surface area contributed by atoms with E-state index in [9.17, 15) is 0 Å². The summed E-state index contributed by atoms with van der Waals surface area (Å²) in [6, 6.07) is 13.5. The SMILES string of the molecule is c1ccc2c(c1)ccn2Cc1ccn(C2CCCC2)n1. The lowest BCUT2D eigenvalue weighted by molar-refractivity contribution is 0.462. The van der Waals surface area contributed by atoms with Crippen molar-refractivity contribution >= 4 is 10.9 Å². The summed E-state index contributed by atoms with van der Waals surface area (Å²) in [5, 5.41) is 6.06. The second-order valence-electron chi connectivity index (χ2n) is 5.73. The highest BCUT2D eigenvalue weighted by Crippen LogP contribution is 2.28. The maximum absolute atomic E-state index is 4.77. The van der Waals surface area contributed by atoms with Crippen LogP contribution in [0.15, 0.2) is 48.8 Å². The summed E-state index contributed by atoms with van der Waals surface area (Å²) in [6.45, 7) is 0.854. The highest BCUT2D eigenvalue weighted by Gasteiger charge is 2.17. The van der Waals surface area contributed by atoms with Gasteiger partial charge in [-0.15, -0.1) is 0 Å². The Balaban J connectivity index is 1.59. The topological polar surface area (TPSA) is 22.8 Å². The Morgan fingerprint density at radius 3 is 2.75 bits per heavy atom. The zero-order chi connectivity index (χ0) is 13.4. The van der Waals surface area contributed by atoms with Crippen LogP contribution < -0.4 is 0 Å². The van der Waals surface area contributed by atoms with Crippen LogP contribution >= 0.6 is 0 Å². The Hall–Kier alpha value is -2.03. The van der Waals surface area contributed by atoms with Gasteiger partial charge in [0.2, 0.25) is 0 Å². The molecule has 0 atom stereocenters. The van der Waals surface area contributed by atoms with Gasteiger partial charge in [0.15, 0.2) is 0 Å². The summed E-state index contributed by atoms with van der Waals surface area (Å²) in [5.41, 5.74) is 2.43. The van der Waals surface area contributed by atoms with Crippen molar-refractivity contribution in [1.82, 2.24) is 14.3 Å². The maximum Gasteiger partial charge on any atom is 0.0821 e. The van der Waals surface area contributed by atoms with Crippen molar-refractivity contribution in [3.05, 3.63) is 54.5 Å². The minimum atomic E-state index is 0.630. The third-order valence-corrected chi connectivity index (χ3v) is 4.37. The molecule has 2 aromatic heterocycles. The van der Waals surface area contributed by atoms with Crippen molar-refractivity contribution in [3.8, 4) is 0 Å². The molecule has 0 amide bonds. The smallest absolute Gasteiger partial charge is 0.0821 e. The van der Waals surface area contributed by atoms with Crippen molar-refractivity contribution in [2.45, 2.75) is 38.3 Å². The molecule has 4 rings (SSSR count). The first-order valence-electron chi connectivity index (χ1n) is 7.48. The van der Waals surface area contributed by atoms with E-state index in [-0.39, 0.29) is 0 Å². The summed E-state index contributed by atoms with van der Waals surface area (Å²) in [7, 11) is 0. The molecule has 102 valence electrons. The number of hydrogen-bond donors (Lipinski definition) is 0. The monoisotopic (exact) mass is 265 g/mol. The zero-order valence-corrected chi connectivity index (χ0v) is 11.6. The normalized spacial score (nSPS) is 16.2. The molecule has 0 spiro atoms. The third-order valence-electron chi connectivity index (χ3n) is 4.37. The van der Waals surface area contributed by atoms with E-state index in [2.05, 4.69) is 58.0 Å². The lowest BCUT2D eigenvalue weighted by Gasteiger charge is -2.09. The zero-order valence-electron chi connectivity index (χ0n) is 11.6. The van der Waals surface area contributed by atoms with Crippen LogP contribution in [0.2, 0.25) is 0 Å². The Morgan fingerprint density at radius 1 is 1.00 bits per heavy atom. The highest BCUT2D eigenvalue weighted by atomic mass is 15.3. The summed E-state index contributed by atoms with van der Waals surface area (Å²) in [5.74, 6) is 0. The van der Waals surface area contributed by atoms with Crippen LogP contribution in [0, 0.1) is 0 Å². The first kappa shape index (κ1) is 11.8. The maximum atomic E-state index is 4.77. The summed E-state index contributed by atoms with van der Waals surface area (Å²) in [4.78, 5) is 0. The van der Waals surface area contributed by atoms with Gasteiger partial charge in [0.25, 0.3) is 0 Å². The Labute approximate surface area is 118 Å².